The number of hydrogen-bond acceptors (Lipinski definition) is 4. The van der Waals surface area contributed by atoms with Gasteiger partial charge in [-0.15, -0.1) is 0 Å². The van der Waals surface area contributed by atoms with E-state index in [0.717, 1.165) is 12.8 Å². The fourth-order valence-corrected chi connectivity index (χ4v) is 3.41. The Bertz CT molecular complexity index is 582. The van der Waals surface area contributed by atoms with Crippen LogP contribution in [-0.2, 0) is 10.8 Å². The summed E-state index contributed by atoms with van der Waals surface area (Å²) in [5.41, 5.74) is 1.05. The highest BCUT2D eigenvalue weighted by molar-refractivity contribution is 7.85. The Kier molecular flexibility index (Phi) is 5.90. The van der Waals surface area contributed by atoms with Crippen molar-refractivity contribution in [3.05, 3.63) is 29.6 Å². The molecule has 1 fully saturated rings. The van der Waals surface area contributed by atoms with Crippen molar-refractivity contribution in [3.63, 3.8) is 0 Å². The van der Waals surface area contributed by atoms with E-state index in [9.17, 15) is 9.00 Å². The zero-order chi connectivity index (χ0) is 15.1. The molecule has 112 valence electrons. The fraction of sp³-hybridized carbons (Fsp3) is 0.467. The number of aliphatic hydroxyl groups is 1. The molecule has 21 heavy (non-hydrogen) atoms. The molecule has 0 bridgehead atoms. The van der Waals surface area contributed by atoms with Crippen LogP contribution in [0.3, 0.4) is 0 Å². The van der Waals surface area contributed by atoms with E-state index in [0.29, 0.717) is 29.1 Å². The minimum atomic E-state index is -0.737. The Hall–Kier alpha value is -1.71. The summed E-state index contributed by atoms with van der Waals surface area (Å²) in [6, 6.07) is 1.71. The molecular formula is C15H18N2O3S. The highest BCUT2D eigenvalue weighted by Gasteiger charge is 2.20. The van der Waals surface area contributed by atoms with Crippen molar-refractivity contribution in [1.29, 1.82) is 0 Å². The summed E-state index contributed by atoms with van der Waals surface area (Å²) in [5, 5.41) is 11.7. The first kappa shape index (κ1) is 15.7. The Morgan fingerprint density at radius 3 is 2.95 bits per heavy atom. The van der Waals surface area contributed by atoms with Crippen molar-refractivity contribution in [2.45, 2.75) is 25.3 Å². The lowest BCUT2D eigenvalue weighted by atomic mass is 10.1. The lowest BCUT2D eigenvalue weighted by Crippen LogP contribution is -2.39. The van der Waals surface area contributed by atoms with Crippen LogP contribution in [0, 0.1) is 11.8 Å². The zero-order valence-corrected chi connectivity index (χ0v) is 12.5. The van der Waals surface area contributed by atoms with Crippen molar-refractivity contribution in [2.24, 2.45) is 0 Å². The number of amides is 1. The molecule has 1 aliphatic heterocycles. The van der Waals surface area contributed by atoms with Crippen LogP contribution in [0.15, 0.2) is 18.5 Å². The van der Waals surface area contributed by atoms with Gasteiger partial charge in [0, 0.05) is 47.2 Å². The Morgan fingerprint density at radius 2 is 2.24 bits per heavy atom. The maximum absolute atomic E-state index is 12.3. The number of aliphatic hydroxyl groups excluding tert-OH is 1. The third-order valence-corrected chi connectivity index (χ3v) is 4.63. The zero-order valence-electron chi connectivity index (χ0n) is 11.7. The number of hydrogen-bond donors (Lipinski definition) is 2. The molecule has 0 aromatic carbocycles. The molecule has 6 heteroatoms. The molecule has 5 nitrogen and oxygen atoms in total. The number of nitrogens with zero attached hydrogens (tertiary/aromatic N) is 1. The third-order valence-electron chi connectivity index (χ3n) is 3.25. The molecule has 2 N–H and O–H groups in total. The van der Waals surface area contributed by atoms with Crippen LogP contribution in [0.5, 0.6) is 0 Å². The Morgan fingerprint density at radius 1 is 1.48 bits per heavy atom. The average molecular weight is 306 g/mol. The van der Waals surface area contributed by atoms with Gasteiger partial charge in [-0.1, -0.05) is 11.8 Å². The van der Waals surface area contributed by atoms with Crippen molar-refractivity contribution in [3.8, 4) is 11.8 Å². The largest absolute Gasteiger partial charge is 0.395 e. The van der Waals surface area contributed by atoms with Gasteiger partial charge in [-0.05, 0) is 18.9 Å². The lowest BCUT2D eigenvalue weighted by molar-refractivity contribution is 0.0934. The number of pyridine rings is 1. The van der Waals surface area contributed by atoms with Gasteiger partial charge >= 0.3 is 0 Å². The number of carbonyl (C=O) groups excluding carboxylic acids is 1. The van der Waals surface area contributed by atoms with Crippen LogP contribution in [-0.4, -0.2) is 44.4 Å². The summed E-state index contributed by atoms with van der Waals surface area (Å²) >= 11 is 0. The van der Waals surface area contributed by atoms with Gasteiger partial charge in [0.2, 0.25) is 0 Å². The van der Waals surface area contributed by atoms with Crippen molar-refractivity contribution < 1.29 is 14.1 Å². The highest BCUT2D eigenvalue weighted by atomic mass is 32.2. The second-order valence-electron chi connectivity index (χ2n) is 4.79. The number of aromatic nitrogens is 1. The predicted octanol–water partition coefficient (Wildman–Crippen LogP) is 0.456. The molecule has 1 amide bonds. The molecule has 2 rings (SSSR count). The van der Waals surface area contributed by atoms with Crippen LogP contribution in [0.4, 0.5) is 0 Å². The Balaban J connectivity index is 2.05. The minimum Gasteiger partial charge on any atom is -0.395 e. The van der Waals surface area contributed by atoms with Gasteiger partial charge < -0.3 is 10.4 Å². The molecule has 1 aromatic heterocycles. The first-order valence-corrected chi connectivity index (χ1v) is 8.39. The third kappa shape index (κ3) is 4.66. The normalized spacial score (nSPS) is 21.2. The minimum absolute atomic E-state index is 0.00595. The number of rotatable bonds is 3. The van der Waals surface area contributed by atoms with E-state index in [1.165, 1.54) is 0 Å². The molecule has 0 saturated carbocycles. The van der Waals surface area contributed by atoms with E-state index in [1.54, 1.807) is 18.5 Å². The van der Waals surface area contributed by atoms with Crippen molar-refractivity contribution in [2.75, 3.05) is 18.1 Å². The monoisotopic (exact) mass is 306 g/mol. The molecule has 0 atom stereocenters. The van der Waals surface area contributed by atoms with Crippen molar-refractivity contribution in [1.82, 2.24) is 10.3 Å². The second kappa shape index (κ2) is 7.91. The SMILES string of the molecule is O=C(NC1CCS(=O)CC1)c1ccncc1C#CCCO. The summed E-state index contributed by atoms with van der Waals surface area (Å²) in [5.74, 6) is 6.76. The Labute approximate surface area is 126 Å². The van der Waals surface area contributed by atoms with E-state index in [4.69, 9.17) is 5.11 Å². The maximum Gasteiger partial charge on any atom is 0.252 e. The quantitative estimate of drug-likeness (QED) is 0.795. The number of nitrogens with one attached hydrogen (secondary N) is 1. The van der Waals surface area contributed by atoms with Gasteiger partial charge in [0.1, 0.15) is 0 Å². The topological polar surface area (TPSA) is 79.3 Å². The predicted molar refractivity (Wildman–Crippen MR) is 81.2 cm³/mol. The lowest BCUT2D eigenvalue weighted by Gasteiger charge is -2.22. The molecule has 1 aromatic rings. The molecule has 1 aliphatic rings. The molecule has 0 aliphatic carbocycles. The van der Waals surface area contributed by atoms with Gasteiger partial charge in [0.15, 0.2) is 0 Å². The van der Waals surface area contributed by atoms with Crippen LogP contribution < -0.4 is 5.32 Å². The van der Waals surface area contributed by atoms with E-state index >= 15 is 0 Å². The fourth-order valence-electron chi connectivity index (χ4n) is 2.11. The van der Waals surface area contributed by atoms with Gasteiger partial charge in [-0.25, -0.2) is 0 Å². The van der Waals surface area contributed by atoms with Gasteiger partial charge in [0.25, 0.3) is 5.91 Å². The summed E-state index contributed by atoms with van der Waals surface area (Å²) < 4.78 is 11.3. The van der Waals surface area contributed by atoms with E-state index < -0.39 is 10.8 Å². The van der Waals surface area contributed by atoms with Gasteiger partial charge in [-0.2, -0.15) is 0 Å². The number of carbonyl (C=O) groups is 1. The van der Waals surface area contributed by atoms with Crippen LogP contribution in [0.25, 0.3) is 0 Å². The van der Waals surface area contributed by atoms with Crippen LogP contribution >= 0.6 is 0 Å². The molecular weight excluding hydrogens is 288 g/mol. The maximum atomic E-state index is 12.3. The molecule has 0 radical (unpaired) electrons. The smallest absolute Gasteiger partial charge is 0.252 e. The molecule has 0 spiro atoms. The van der Waals surface area contributed by atoms with E-state index in [-0.39, 0.29) is 18.6 Å². The van der Waals surface area contributed by atoms with Gasteiger partial charge in [-0.3, -0.25) is 14.0 Å². The standard InChI is InChI=1S/C15H18N2O3S/c18-8-2-1-3-12-11-16-7-4-14(12)15(19)17-13-5-9-21(20)10-6-13/h4,7,11,13,18H,2,5-6,8-10H2,(H,17,19). The molecule has 0 unspecified atom stereocenters. The first-order chi connectivity index (χ1) is 10.2. The summed E-state index contributed by atoms with van der Waals surface area (Å²) in [4.78, 5) is 16.3. The van der Waals surface area contributed by atoms with Crippen LogP contribution in [0.2, 0.25) is 0 Å². The van der Waals surface area contributed by atoms with Crippen molar-refractivity contribution >= 4 is 16.7 Å². The summed E-state index contributed by atoms with van der Waals surface area (Å²) in [6.07, 6.45) is 4.96. The summed E-state index contributed by atoms with van der Waals surface area (Å²) in [6.45, 7) is -0.00595. The van der Waals surface area contributed by atoms with E-state index in [1.807, 2.05) is 0 Å². The van der Waals surface area contributed by atoms with Crippen LogP contribution in [0.1, 0.15) is 35.2 Å². The van der Waals surface area contributed by atoms with Gasteiger partial charge in [0.05, 0.1) is 17.7 Å². The average Bonchev–Trinajstić information content (AvgIpc) is 2.50. The second-order valence-corrected chi connectivity index (χ2v) is 6.49. The molecule has 2 heterocycles. The highest BCUT2D eigenvalue weighted by Crippen LogP contribution is 2.11. The summed E-state index contributed by atoms with van der Waals surface area (Å²) in [7, 11) is -0.737. The molecule has 1 saturated heterocycles. The van der Waals surface area contributed by atoms with E-state index in [2.05, 4.69) is 22.1 Å². The first-order valence-electron chi connectivity index (χ1n) is 6.90.